The van der Waals surface area contributed by atoms with Crippen molar-refractivity contribution in [1.82, 2.24) is 4.90 Å². The predicted octanol–water partition coefficient (Wildman–Crippen LogP) is 2.19. The Hall–Kier alpha value is -1.55. The highest BCUT2D eigenvalue weighted by Gasteiger charge is 2.06. The minimum atomic E-state index is -0.101. The third-order valence-electron chi connectivity index (χ3n) is 2.51. The van der Waals surface area contributed by atoms with E-state index < -0.39 is 0 Å². The van der Waals surface area contributed by atoms with E-state index in [0.717, 1.165) is 11.3 Å². The normalized spacial score (nSPS) is 12.0. The molecule has 0 aliphatic rings. The molecule has 88 valence electrons. The minimum Gasteiger partial charge on any atom is -0.328 e. The van der Waals surface area contributed by atoms with Crippen molar-refractivity contribution in [3.05, 3.63) is 29.8 Å². The summed E-state index contributed by atoms with van der Waals surface area (Å²) in [5.74, 6) is 0. The lowest BCUT2D eigenvalue weighted by Crippen LogP contribution is -2.30. The van der Waals surface area contributed by atoms with Crippen LogP contribution >= 0.6 is 0 Å². The van der Waals surface area contributed by atoms with E-state index in [9.17, 15) is 4.79 Å². The van der Waals surface area contributed by atoms with Crippen LogP contribution in [0, 0.1) is 0 Å². The monoisotopic (exact) mass is 221 g/mol. The number of nitrogens with zero attached hydrogens (tertiary/aromatic N) is 1. The first kappa shape index (κ1) is 12.5. The van der Waals surface area contributed by atoms with Gasteiger partial charge in [0.2, 0.25) is 0 Å². The molecule has 4 heteroatoms. The van der Waals surface area contributed by atoms with Gasteiger partial charge in [0, 0.05) is 25.3 Å². The first-order chi connectivity index (χ1) is 7.54. The molecule has 1 aromatic rings. The summed E-state index contributed by atoms with van der Waals surface area (Å²) in [6.45, 7) is 4.54. The molecule has 0 heterocycles. The highest BCUT2D eigenvalue weighted by molar-refractivity contribution is 5.89. The Bertz CT molecular complexity index is 346. The van der Waals surface area contributed by atoms with Crippen LogP contribution in [0.2, 0.25) is 0 Å². The van der Waals surface area contributed by atoms with Crippen molar-refractivity contribution in [2.45, 2.75) is 19.9 Å². The van der Waals surface area contributed by atoms with Crippen molar-refractivity contribution >= 4 is 11.7 Å². The number of carbonyl (C=O) groups is 1. The Morgan fingerprint density at radius 1 is 1.44 bits per heavy atom. The van der Waals surface area contributed by atoms with Crippen LogP contribution in [0.4, 0.5) is 10.5 Å². The molecule has 0 aliphatic heterocycles. The Morgan fingerprint density at radius 3 is 2.44 bits per heavy atom. The lowest BCUT2D eigenvalue weighted by atomic mass is 10.1. The molecular weight excluding hydrogens is 202 g/mol. The molecule has 0 radical (unpaired) electrons. The number of benzene rings is 1. The highest BCUT2D eigenvalue weighted by atomic mass is 16.2. The zero-order chi connectivity index (χ0) is 12.1. The van der Waals surface area contributed by atoms with Crippen molar-refractivity contribution in [3.8, 4) is 0 Å². The molecule has 0 aliphatic carbocycles. The zero-order valence-electron chi connectivity index (χ0n) is 10.0. The molecular formula is C12H19N3O. The molecule has 0 spiro atoms. The fourth-order valence-corrected chi connectivity index (χ4v) is 1.23. The van der Waals surface area contributed by atoms with Crippen LogP contribution in [0.3, 0.4) is 0 Å². The van der Waals surface area contributed by atoms with Crippen LogP contribution in [-0.2, 0) is 0 Å². The molecule has 2 amide bonds. The van der Waals surface area contributed by atoms with Gasteiger partial charge in [0.15, 0.2) is 0 Å². The molecule has 1 aromatic carbocycles. The molecule has 0 aromatic heterocycles. The molecule has 0 bridgehead atoms. The Kier molecular flexibility index (Phi) is 4.31. The maximum atomic E-state index is 11.6. The molecule has 0 saturated heterocycles. The third-order valence-corrected chi connectivity index (χ3v) is 2.51. The summed E-state index contributed by atoms with van der Waals surface area (Å²) < 4.78 is 0. The summed E-state index contributed by atoms with van der Waals surface area (Å²) in [7, 11) is 1.76. The Labute approximate surface area is 96.4 Å². The molecule has 0 fully saturated rings. The van der Waals surface area contributed by atoms with Gasteiger partial charge in [-0.25, -0.2) is 4.79 Å². The van der Waals surface area contributed by atoms with Gasteiger partial charge >= 0.3 is 6.03 Å². The maximum absolute atomic E-state index is 11.6. The van der Waals surface area contributed by atoms with Crippen LogP contribution in [0.1, 0.15) is 25.5 Å². The van der Waals surface area contributed by atoms with Gasteiger partial charge in [-0.2, -0.15) is 0 Å². The number of anilines is 1. The van der Waals surface area contributed by atoms with E-state index in [1.165, 1.54) is 0 Å². The van der Waals surface area contributed by atoms with Crippen molar-refractivity contribution in [3.63, 3.8) is 0 Å². The van der Waals surface area contributed by atoms with Gasteiger partial charge in [0.1, 0.15) is 0 Å². The molecule has 1 atom stereocenters. The van der Waals surface area contributed by atoms with E-state index in [2.05, 4.69) is 5.32 Å². The molecule has 3 N–H and O–H groups in total. The van der Waals surface area contributed by atoms with E-state index in [1.807, 2.05) is 38.1 Å². The topological polar surface area (TPSA) is 58.4 Å². The number of rotatable bonds is 3. The quantitative estimate of drug-likeness (QED) is 0.822. The fourth-order valence-electron chi connectivity index (χ4n) is 1.23. The summed E-state index contributed by atoms with van der Waals surface area (Å²) in [5.41, 5.74) is 7.58. The minimum absolute atomic E-state index is 0.0167. The van der Waals surface area contributed by atoms with Gasteiger partial charge in [0.05, 0.1) is 0 Å². The Balaban J connectivity index is 2.65. The van der Waals surface area contributed by atoms with Gasteiger partial charge in [-0.05, 0) is 31.5 Å². The number of hydrogen-bond donors (Lipinski definition) is 2. The highest BCUT2D eigenvalue weighted by Crippen LogP contribution is 2.14. The number of nitrogens with one attached hydrogen (secondary N) is 1. The summed E-state index contributed by atoms with van der Waals surface area (Å²) in [4.78, 5) is 13.2. The second kappa shape index (κ2) is 5.51. The molecule has 4 nitrogen and oxygen atoms in total. The van der Waals surface area contributed by atoms with E-state index >= 15 is 0 Å². The van der Waals surface area contributed by atoms with Crippen LogP contribution in [0.5, 0.6) is 0 Å². The number of amides is 2. The van der Waals surface area contributed by atoms with Gasteiger partial charge in [-0.15, -0.1) is 0 Å². The van der Waals surface area contributed by atoms with Gasteiger partial charge < -0.3 is 16.0 Å². The lowest BCUT2D eigenvalue weighted by molar-refractivity contribution is 0.224. The molecule has 0 saturated carbocycles. The van der Waals surface area contributed by atoms with Gasteiger partial charge in [-0.1, -0.05) is 12.1 Å². The SMILES string of the molecule is CCN(C)C(=O)Nc1ccc(C(C)N)cc1. The average molecular weight is 221 g/mol. The predicted molar refractivity (Wildman–Crippen MR) is 66.4 cm³/mol. The summed E-state index contributed by atoms with van der Waals surface area (Å²) >= 11 is 0. The van der Waals surface area contributed by atoms with Crippen molar-refractivity contribution in [2.24, 2.45) is 5.73 Å². The summed E-state index contributed by atoms with van der Waals surface area (Å²) in [6, 6.07) is 7.48. The number of nitrogens with two attached hydrogens (primary N) is 1. The number of carbonyl (C=O) groups excluding carboxylic acids is 1. The second-order valence-electron chi connectivity index (χ2n) is 3.86. The second-order valence-corrected chi connectivity index (χ2v) is 3.86. The van der Waals surface area contributed by atoms with Crippen molar-refractivity contribution in [2.75, 3.05) is 18.9 Å². The summed E-state index contributed by atoms with van der Waals surface area (Å²) in [6.07, 6.45) is 0. The standard InChI is InChI=1S/C12H19N3O/c1-4-15(3)12(16)14-11-7-5-10(6-8-11)9(2)13/h5-9H,4,13H2,1-3H3,(H,14,16). The van der Waals surface area contributed by atoms with Crippen LogP contribution < -0.4 is 11.1 Å². The maximum Gasteiger partial charge on any atom is 0.321 e. The Morgan fingerprint density at radius 2 is 2.00 bits per heavy atom. The third kappa shape index (κ3) is 3.24. The summed E-state index contributed by atoms with van der Waals surface area (Å²) in [5, 5.41) is 2.80. The fraction of sp³-hybridized carbons (Fsp3) is 0.417. The van der Waals surface area contributed by atoms with E-state index in [1.54, 1.807) is 11.9 Å². The molecule has 1 rings (SSSR count). The zero-order valence-corrected chi connectivity index (χ0v) is 10.0. The molecule has 16 heavy (non-hydrogen) atoms. The van der Waals surface area contributed by atoms with Crippen molar-refractivity contribution in [1.29, 1.82) is 0 Å². The van der Waals surface area contributed by atoms with Crippen LogP contribution in [-0.4, -0.2) is 24.5 Å². The number of hydrogen-bond acceptors (Lipinski definition) is 2. The van der Waals surface area contributed by atoms with Crippen molar-refractivity contribution < 1.29 is 4.79 Å². The average Bonchev–Trinajstić information content (AvgIpc) is 2.28. The largest absolute Gasteiger partial charge is 0.328 e. The van der Waals surface area contributed by atoms with Crippen LogP contribution in [0.15, 0.2) is 24.3 Å². The smallest absolute Gasteiger partial charge is 0.321 e. The van der Waals surface area contributed by atoms with Gasteiger partial charge in [-0.3, -0.25) is 0 Å². The van der Waals surface area contributed by atoms with E-state index in [-0.39, 0.29) is 12.1 Å². The first-order valence-electron chi connectivity index (χ1n) is 5.42. The lowest BCUT2D eigenvalue weighted by Gasteiger charge is -2.15. The van der Waals surface area contributed by atoms with Crippen LogP contribution in [0.25, 0.3) is 0 Å². The first-order valence-corrected chi connectivity index (χ1v) is 5.42. The number of urea groups is 1. The van der Waals surface area contributed by atoms with E-state index in [0.29, 0.717) is 6.54 Å². The van der Waals surface area contributed by atoms with Gasteiger partial charge in [0.25, 0.3) is 0 Å². The van der Waals surface area contributed by atoms with E-state index in [4.69, 9.17) is 5.73 Å². The molecule has 1 unspecified atom stereocenters.